The van der Waals surface area contributed by atoms with Crippen LogP contribution in [0.5, 0.6) is 0 Å². The second-order valence-corrected chi connectivity index (χ2v) is 4.33. The van der Waals surface area contributed by atoms with Crippen LogP contribution in [-0.4, -0.2) is 13.0 Å². The number of hydrogen-bond acceptors (Lipinski definition) is 2. The lowest BCUT2D eigenvalue weighted by atomic mass is 10.1. The zero-order valence-electron chi connectivity index (χ0n) is 10.3. The number of carbonyl (C=O) groups excluding carboxylic acids is 1. The van der Waals surface area contributed by atoms with E-state index in [2.05, 4.69) is 0 Å². The maximum absolute atomic E-state index is 13.0. The zero-order chi connectivity index (χ0) is 13.4. The molecule has 4 heteroatoms. The summed E-state index contributed by atoms with van der Waals surface area (Å²) in [5.41, 5.74) is 2.08. The Morgan fingerprint density at radius 3 is 2.47 bits per heavy atom. The fourth-order valence-corrected chi connectivity index (χ4v) is 2.37. The first-order valence-corrected chi connectivity index (χ1v) is 5.93. The van der Waals surface area contributed by atoms with Crippen LogP contribution in [0.1, 0.15) is 22.1 Å². The number of methoxy groups -OCH3 is 1. The van der Waals surface area contributed by atoms with Gasteiger partial charge in [0.2, 0.25) is 0 Å². The molecule has 0 fully saturated rings. The van der Waals surface area contributed by atoms with Gasteiger partial charge in [-0.3, -0.25) is 9.69 Å². The number of carbonyl (C=O) groups is 1. The lowest BCUT2D eigenvalue weighted by molar-refractivity contribution is 0.0823. The Bertz CT molecular complexity index is 624. The van der Waals surface area contributed by atoms with Crippen LogP contribution in [0.3, 0.4) is 0 Å². The highest BCUT2D eigenvalue weighted by molar-refractivity contribution is 6.10. The van der Waals surface area contributed by atoms with Crippen LogP contribution in [-0.2, 0) is 4.74 Å². The smallest absolute Gasteiger partial charge is 0.261 e. The molecule has 3 nitrogen and oxygen atoms in total. The molecule has 0 saturated heterocycles. The van der Waals surface area contributed by atoms with E-state index in [0.717, 1.165) is 5.56 Å². The molecule has 0 aliphatic carbocycles. The number of amides is 1. The number of halogens is 1. The molecule has 0 bridgehead atoms. The lowest BCUT2D eigenvalue weighted by Gasteiger charge is -2.23. The summed E-state index contributed by atoms with van der Waals surface area (Å²) in [5.74, 6) is -0.462. The van der Waals surface area contributed by atoms with Gasteiger partial charge in [-0.1, -0.05) is 18.2 Å². The Kier molecular flexibility index (Phi) is 2.80. The van der Waals surface area contributed by atoms with Crippen molar-refractivity contribution in [2.75, 3.05) is 12.0 Å². The van der Waals surface area contributed by atoms with Crippen molar-refractivity contribution >= 4 is 11.6 Å². The largest absolute Gasteiger partial charge is 0.357 e. The average molecular weight is 257 g/mol. The Morgan fingerprint density at radius 2 is 1.79 bits per heavy atom. The van der Waals surface area contributed by atoms with E-state index in [1.807, 2.05) is 18.2 Å². The molecule has 0 N–H and O–H groups in total. The van der Waals surface area contributed by atoms with Crippen molar-refractivity contribution in [1.29, 1.82) is 0 Å². The van der Waals surface area contributed by atoms with E-state index >= 15 is 0 Å². The first kappa shape index (κ1) is 11.9. The minimum absolute atomic E-state index is 0.131. The van der Waals surface area contributed by atoms with E-state index in [9.17, 15) is 9.18 Å². The van der Waals surface area contributed by atoms with Gasteiger partial charge in [0, 0.05) is 23.9 Å². The third kappa shape index (κ3) is 1.81. The molecule has 0 radical (unpaired) electrons. The van der Waals surface area contributed by atoms with Gasteiger partial charge in [0.15, 0.2) is 6.23 Å². The molecule has 3 rings (SSSR count). The van der Waals surface area contributed by atoms with Gasteiger partial charge in [-0.15, -0.1) is 0 Å². The highest BCUT2D eigenvalue weighted by Gasteiger charge is 2.37. The molecule has 1 atom stereocenters. The Balaban J connectivity index is 2.08. The summed E-state index contributed by atoms with van der Waals surface area (Å²) in [6.45, 7) is 0. The van der Waals surface area contributed by atoms with Crippen LogP contribution in [0.4, 0.5) is 10.1 Å². The van der Waals surface area contributed by atoms with Crippen LogP contribution >= 0.6 is 0 Å². The monoisotopic (exact) mass is 257 g/mol. The van der Waals surface area contributed by atoms with Crippen molar-refractivity contribution in [2.45, 2.75) is 6.23 Å². The summed E-state index contributed by atoms with van der Waals surface area (Å²) >= 11 is 0. The van der Waals surface area contributed by atoms with Crippen molar-refractivity contribution in [1.82, 2.24) is 0 Å². The van der Waals surface area contributed by atoms with Crippen LogP contribution in [0, 0.1) is 5.82 Å². The van der Waals surface area contributed by atoms with Crippen molar-refractivity contribution in [3.05, 3.63) is 65.5 Å². The molecule has 19 heavy (non-hydrogen) atoms. The first-order chi connectivity index (χ1) is 9.22. The maximum Gasteiger partial charge on any atom is 0.261 e. The van der Waals surface area contributed by atoms with E-state index in [4.69, 9.17) is 4.74 Å². The molecule has 0 spiro atoms. The third-order valence-electron chi connectivity index (χ3n) is 3.24. The van der Waals surface area contributed by atoms with Crippen molar-refractivity contribution in [2.24, 2.45) is 0 Å². The second kappa shape index (κ2) is 4.48. The van der Waals surface area contributed by atoms with Gasteiger partial charge in [-0.2, -0.15) is 0 Å². The standard InChI is InChI=1S/C15H12FNO2/c1-19-15-13-5-3-2-4-12(13)14(18)17(15)11-8-6-10(16)7-9-11/h2-9,15H,1H3. The molecule has 1 heterocycles. The normalized spacial score (nSPS) is 17.7. The van der Waals surface area contributed by atoms with Gasteiger partial charge in [0.1, 0.15) is 5.82 Å². The van der Waals surface area contributed by atoms with E-state index in [-0.39, 0.29) is 11.7 Å². The van der Waals surface area contributed by atoms with E-state index in [1.165, 1.54) is 17.0 Å². The number of anilines is 1. The molecule has 96 valence electrons. The van der Waals surface area contributed by atoms with Gasteiger partial charge in [0.25, 0.3) is 5.91 Å². The molecule has 1 aliphatic rings. The molecule has 1 amide bonds. The summed E-state index contributed by atoms with van der Waals surface area (Å²) in [5, 5.41) is 0. The minimum atomic E-state index is -0.464. The van der Waals surface area contributed by atoms with Gasteiger partial charge in [0.05, 0.1) is 0 Å². The average Bonchev–Trinajstić information content (AvgIpc) is 2.73. The Labute approximate surface area is 110 Å². The predicted molar refractivity (Wildman–Crippen MR) is 69.4 cm³/mol. The summed E-state index contributed by atoms with van der Waals surface area (Å²) in [7, 11) is 1.55. The number of nitrogens with zero attached hydrogens (tertiary/aromatic N) is 1. The molecular formula is C15H12FNO2. The van der Waals surface area contributed by atoms with Crippen LogP contribution in [0.25, 0.3) is 0 Å². The number of ether oxygens (including phenoxy) is 1. The van der Waals surface area contributed by atoms with E-state index in [0.29, 0.717) is 11.3 Å². The van der Waals surface area contributed by atoms with E-state index < -0.39 is 6.23 Å². The molecule has 1 unspecified atom stereocenters. The van der Waals surface area contributed by atoms with Crippen molar-refractivity contribution in [3.63, 3.8) is 0 Å². The van der Waals surface area contributed by atoms with Gasteiger partial charge < -0.3 is 4.74 Å². The minimum Gasteiger partial charge on any atom is -0.357 e. The topological polar surface area (TPSA) is 29.5 Å². The SMILES string of the molecule is COC1c2ccccc2C(=O)N1c1ccc(F)cc1. The molecule has 1 aliphatic heterocycles. The fourth-order valence-electron chi connectivity index (χ4n) is 2.37. The van der Waals surface area contributed by atoms with Crippen LogP contribution < -0.4 is 4.90 Å². The molecule has 0 saturated carbocycles. The third-order valence-corrected chi connectivity index (χ3v) is 3.24. The summed E-state index contributed by atoms with van der Waals surface area (Å²) in [6.07, 6.45) is -0.464. The highest BCUT2D eigenvalue weighted by atomic mass is 19.1. The first-order valence-electron chi connectivity index (χ1n) is 5.93. The quantitative estimate of drug-likeness (QED) is 0.827. The number of benzene rings is 2. The number of fused-ring (bicyclic) bond motifs is 1. The Hall–Kier alpha value is -2.20. The molecule has 2 aromatic carbocycles. The van der Waals surface area contributed by atoms with Gasteiger partial charge in [-0.05, 0) is 30.3 Å². The second-order valence-electron chi connectivity index (χ2n) is 4.33. The number of rotatable bonds is 2. The molecular weight excluding hydrogens is 245 g/mol. The fraction of sp³-hybridized carbons (Fsp3) is 0.133. The van der Waals surface area contributed by atoms with E-state index in [1.54, 1.807) is 25.3 Å². The van der Waals surface area contributed by atoms with Gasteiger partial charge >= 0.3 is 0 Å². The number of hydrogen-bond donors (Lipinski definition) is 0. The molecule has 2 aromatic rings. The molecule has 0 aromatic heterocycles. The maximum atomic E-state index is 13.0. The van der Waals surface area contributed by atoms with Crippen molar-refractivity contribution < 1.29 is 13.9 Å². The lowest BCUT2D eigenvalue weighted by Crippen LogP contribution is -2.28. The van der Waals surface area contributed by atoms with Crippen LogP contribution in [0.15, 0.2) is 48.5 Å². The summed E-state index contributed by atoms with van der Waals surface area (Å²) in [4.78, 5) is 13.9. The highest BCUT2D eigenvalue weighted by Crippen LogP contribution is 2.37. The van der Waals surface area contributed by atoms with Crippen molar-refractivity contribution in [3.8, 4) is 0 Å². The zero-order valence-corrected chi connectivity index (χ0v) is 10.3. The summed E-state index contributed by atoms with van der Waals surface area (Å²) in [6, 6.07) is 13.1. The van der Waals surface area contributed by atoms with Gasteiger partial charge in [-0.25, -0.2) is 4.39 Å². The summed E-state index contributed by atoms with van der Waals surface area (Å²) < 4.78 is 18.4. The van der Waals surface area contributed by atoms with Crippen LogP contribution in [0.2, 0.25) is 0 Å². The Morgan fingerprint density at radius 1 is 1.11 bits per heavy atom. The predicted octanol–water partition coefficient (Wildman–Crippen LogP) is 3.13.